The Labute approximate surface area is 89.1 Å². The van der Waals surface area contributed by atoms with Gasteiger partial charge in [0.15, 0.2) is 5.78 Å². The normalized spacial score (nSPS) is 21.7. The summed E-state index contributed by atoms with van der Waals surface area (Å²) in [5.41, 5.74) is 2.49. The molecule has 2 rings (SSSR count). The molecule has 1 aromatic carbocycles. The van der Waals surface area contributed by atoms with Gasteiger partial charge in [0.2, 0.25) is 0 Å². The lowest BCUT2D eigenvalue weighted by Gasteiger charge is -2.11. The molecule has 0 amide bonds. The van der Waals surface area contributed by atoms with Gasteiger partial charge in [-0.15, -0.1) is 11.6 Å². The molecule has 0 bridgehead atoms. The first-order valence-corrected chi connectivity index (χ1v) is 5.39. The monoisotopic (exact) mass is 208 g/mol. The summed E-state index contributed by atoms with van der Waals surface area (Å²) >= 11 is 5.83. The van der Waals surface area contributed by atoms with E-state index in [0.29, 0.717) is 0 Å². The molecule has 1 aliphatic carbocycles. The Morgan fingerprint density at radius 2 is 2.21 bits per heavy atom. The van der Waals surface area contributed by atoms with Gasteiger partial charge in [-0.05, 0) is 30.9 Å². The van der Waals surface area contributed by atoms with Crippen molar-refractivity contribution in [2.24, 2.45) is 0 Å². The van der Waals surface area contributed by atoms with E-state index in [4.69, 9.17) is 11.6 Å². The van der Waals surface area contributed by atoms with Gasteiger partial charge in [0.1, 0.15) is 0 Å². The zero-order chi connectivity index (χ0) is 10.1. The molecule has 2 atom stereocenters. The molecular formula is C12H13ClO. The third-order valence-corrected chi connectivity index (χ3v) is 3.08. The fourth-order valence-electron chi connectivity index (χ4n) is 2.13. The lowest BCUT2D eigenvalue weighted by Crippen LogP contribution is -2.18. The Hall–Kier alpha value is -0.820. The minimum absolute atomic E-state index is 0.0405. The van der Waals surface area contributed by atoms with Gasteiger partial charge in [0.05, 0.1) is 5.38 Å². The Balaban J connectivity index is 2.30. The van der Waals surface area contributed by atoms with Crippen LogP contribution in [0.4, 0.5) is 0 Å². The van der Waals surface area contributed by atoms with Crippen molar-refractivity contribution < 1.29 is 4.79 Å². The summed E-state index contributed by atoms with van der Waals surface area (Å²) in [6.07, 6.45) is 1.94. The lowest BCUT2D eigenvalue weighted by molar-refractivity contribution is -0.119. The Kier molecular flexibility index (Phi) is 2.60. The van der Waals surface area contributed by atoms with E-state index in [1.165, 1.54) is 11.1 Å². The Morgan fingerprint density at radius 1 is 1.50 bits per heavy atom. The molecule has 0 saturated heterocycles. The van der Waals surface area contributed by atoms with Crippen LogP contribution in [-0.2, 0) is 11.2 Å². The maximum atomic E-state index is 11.8. The van der Waals surface area contributed by atoms with Crippen molar-refractivity contribution in [3.63, 3.8) is 0 Å². The highest BCUT2D eigenvalue weighted by Crippen LogP contribution is 2.34. The van der Waals surface area contributed by atoms with Crippen LogP contribution in [-0.4, -0.2) is 11.2 Å². The molecule has 1 nitrogen and oxygen atoms in total. The number of Topliss-reactive ketones (excluding diaryl/α,β-unsaturated/α-hetero) is 1. The molecule has 1 aliphatic rings. The van der Waals surface area contributed by atoms with E-state index in [1.807, 2.05) is 18.2 Å². The van der Waals surface area contributed by atoms with Crippen LogP contribution in [0.1, 0.15) is 30.4 Å². The minimum atomic E-state index is -0.369. The number of hydrogen-bond acceptors (Lipinski definition) is 1. The number of fused-ring (bicyclic) bond motifs is 1. The average Bonchev–Trinajstić information content (AvgIpc) is 2.60. The van der Waals surface area contributed by atoms with Gasteiger partial charge in [0, 0.05) is 5.92 Å². The first kappa shape index (κ1) is 9.72. The van der Waals surface area contributed by atoms with Gasteiger partial charge in [0.25, 0.3) is 0 Å². The molecule has 0 saturated carbocycles. The van der Waals surface area contributed by atoms with E-state index in [0.717, 1.165) is 12.8 Å². The zero-order valence-corrected chi connectivity index (χ0v) is 8.92. The van der Waals surface area contributed by atoms with E-state index >= 15 is 0 Å². The second-order valence-corrected chi connectivity index (χ2v) is 4.46. The van der Waals surface area contributed by atoms with Crippen LogP contribution in [0, 0.1) is 0 Å². The molecule has 0 radical (unpaired) electrons. The number of hydrogen-bond donors (Lipinski definition) is 0. The summed E-state index contributed by atoms with van der Waals surface area (Å²) < 4.78 is 0. The van der Waals surface area contributed by atoms with Gasteiger partial charge in [-0.1, -0.05) is 24.3 Å². The number of ketones is 1. The maximum Gasteiger partial charge on any atom is 0.157 e. The number of rotatable bonds is 2. The molecule has 0 spiro atoms. The summed E-state index contributed by atoms with van der Waals surface area (Å²) in [4.78, 5) is 11.8. The summed E-state index contributed by atoms with van der Waals surface area (Å²) in [5, 5.41) is -0.369. The molecule has 0 fully saturated rings. The smallest absolute Gasteiger partial charge is 0.157 e. The van der Waals surface area contributed by atoms with Crippen LogP contribution in [0.15, 0.2) is 24.3 Å². The highest BCUT2D eigenvalue weighted by Gasteiger charge is 2.29. The zero-order valence-electron chi connectivity index (χ0n) is 8.16. The predicted molar refractivity (Wildman–Crippen MR) is 57.8 cm³/mol. The number of aryl methyl sites for hydroxylation is 1. The third-order valence-electron chi connectivity index (χ3n) is 2.87. The lowest BCUT2D eigenvalue weighted by atomic mass is 9.95. The largest absolute Gasteiger partial charge is 0.297 e. The van der Waals surface area contributed by atoms with Crippen molar-refractivity contribution in [2.75, 3.05) is 0 Å². The second kappa shape index (κ2) is 3.74. The summed E-state index contributed by atoms with van der Waals surface area (Å²) in [7, 11) is 0. The fourth-order valence-corrected chi connectivity index (χ4v) is 2.28. The number of carbonyl (C=O) groups is 1. The summed E-state index contributed by atoms with van der Waals surface area (Å²) in [6, 6.07) is 8.16. The van der Waals surface area contributed by atoms with Crippen molar-refractivity contribution in [3.8, 4) is 0 Å². The molecule has 2 heteroatoms. The number of benzene rings is 1. The number of halogens is 1. The van der Waals surface area contributed by atoms with Crippen LogP contribution < -0.4 is 0 Å². The molecule has 1 aromatic rings. The summed E-state index contributed by atoms with van der Waals surface area (Å²) in [6.45, 7) is 1.75. The predicted octanol–water partition coefficient (Wildman–Crippen LogP) is 2.91. The Bertz CT molecular complexity index is 357. The molecule has 2 unspecified atom stereocenters. The summed E-state index contributed by atoms with van der Waals surface area (Å²) in [5.74, 6) is 0.204. The van der Waals surface area contributed by atoms with E-state index in [9.17, 15) is 4.79 Å². The van der Waals surface area contributed by atoms with Crippen molar-refractivity contribution in [1.82, 2.24) is 0 Å². The van der Waals surface area contributed by atoms with Gasteiger partial charge < -0.3 is 0 Å². The molecule has 74 valence electrons. The molecule has 0 aliphatic heterocycles. The average molecular weight is 209 g/mol. The fraction of sp³-hybridized carbons (Fsp3) is 0.417. The maximum absolute atomic E-state index is 11.8. The van der Waals surface area contributed by atoms with Crippen LogP contribution in [0.5, 0.6) is 0 Å². The molecular weight excluding hydrogens is 196 g/mol. The number of alkyl halides is 1. The first-order chi connectivity index (χ1) is 6.70. The quantitative estimate of drug-likeness (QED) is 0.683. The van der Waals surface area contributed by atoms with Crippen molar-refractivity contribution in [1.29, 1.82) is 0 Å². The molecule has 0 N–H and O–H groups in total. The van der Waals surface area contributed by atoms with Crippen molar-refractivity contribution >= 4 is 17.4 Å². The highest BCUT2D eigenvalue weighted by molar-refractivity contribution is 6.31. The van der Waals surface area contributed by atoms with Crippen LogP contribution in [0.2, 0.25) is 0 Å². The van der Waals surface area contributed by atoms with Crippen LogP contribution >= 0.6 is 11.6 Å². The topological polar surface area (TPSA) is 17.1 Å². The van der Waals surface area contributed by atoms with E-state index in [-0.39, 0.29) is 17.1 Å². The Morgan fingerprint density at radius 3 is 2.93 bits per heavy atom. The molecule has 0 aromatic heterocycles. The van der Waals surface area contributed by atoms with Gasteiger partial charge in [-0.3, -0.25) is 4.79 Å². The van der Waals surface area contributed by atoms with E-state index < -0.39 is 0 Å². The van der Waals surface area contributed by atoms with E-state index in [1.54, 1.807) is 6.92 Å². The first-order valence-electron chi connectivity index (χ1n) is 4.95. The van der Waals surface area contributed by atoms with Crippen LogP contribution in [0.3, 0.4) is 0 Å². The minimum Gasteiger partial charge on any atom is -0.297 e. The SMILES string of the molecule is CC(Cl)C(=O)C1CCc2ccccc21. The van der Waals surface area contributed by atoms with Crippen molar-refractivity contribution in [3.05, 3.63) is 35.4 Å². The molecule has 0 heterocycles. The van der Waals surface area contributed by atoms with Gasteiger partial charge in [-0.2, -0.15) is 0 Å². The van der Waals surface area contributed by atoms with Gasteiger partial charge in [-0.25, -0.2) is 0 Å². The third kappa shape index (κ3) is 1.57. The van der Waals surface area contributed by atoms with Gasteiger partial charge >= 0.3 is 0 Å². The van der Waals surface area contributed by atoms with Crippen LogP contribution in [0.25, 0.3) is 0 Å². The highest BCUT2D eigenvalue weighted by atomic mass is 35.5. The molecule has 14 heavy (non-hydrogen) atoms. The van der Waals surface area contributed by atoms with E-state index in [2.05, 4.69) is 6.07 Å². The number of carbonyl (C=O) groups excluding carboxylic acids is 1. The van der Waals surface area contributed by atoms with Crippen molar-refractivity contribution in [2.45, 2.75) is 31.1 Å². The second-order valence-electron chi connectivity index (χ2n) is 3.81. The standard InChI is InChI=1S/C12H13ClO/c1-8(13)12(14)11-7-6-9-4-2-3-5-10(9)11/h2-5,8,11H,6-7H2,1H3.